The molecule has 0 aromatic carbocycles. The molecule has 0 aliphatic heterocycles. The van der Waals surface area contributed by atoms with Crippen LogP contribution in [-0.4, -0.2) is 0 Å². The zero-order valence-corrected chi connectivity index (χ0v) is 13.7. The standard InChI is InChI=1S/C20H28/c1-7-10-11-18-16(9-3)17-13-12-15(8-2)14(4)19(17)20(18,5)6/h9-15H,3,7-8H2,1-2,4-6H3/b11-10+. The van der Waals surface area contributed by atoms with Crippen molar-refractivity contribution in [2.24, 2.45) is 17.3 Å². The Kier molecular flexibility index (Phi) is 4.22. The highest BCUT2D eigenvalue weighted by Crippen LogP contribution is 2.54. The van der Waals surface area contributed by atoms with Crippen LogP contribution in [0.15, 0.2) is 59.3 Å². The molecule has 0 aromatic rings. The van der Waals surface area contributed by atoms with E-state index in [0.29, 0.717) is 11.8 Å². The Hall–Kier alpha value is -1.30. The molecule has 20 heavy (non-hydrogen) atoms. The summed E-state index contributed by atoms with van der Waals surface area (Å²) in [7, 11) is 0. The normalized spacial score (nSPS) is 28.4. The van der Waals surface area contributed by atoms with Crippen LogP contribution >= 0.6 is 0 Å². The van der Waals surface area contributed by atoms with Gasteiger partial charge in [-0.1, -0.05) is 71.6 Å². The molecule has 108 valence electrons. The molecule has 2 atom stereocenters. The molecular formula is C20H28. The van der Waals surface area contributed by atoms with E-state index < -0.39 is 0 Å². The molecule has 0 aromatic heterocycles. The van der Waals surface area contributed by atoms with E-state index in [1.165, 1.54) is 23.1 Å². The van der Waals surface area contributed by atoms with Crippen molar-refractivity contribution in [2.75, 3.05) is 0 Å². The maximum atomic E-state index is 4.06. The van der Waals surface area contributed by atoms with Gasteiger partial charge in [0.2, 0.25) is 0 Å². The van der Waals surface area contributed by atoms with E-state index in [4.69, 9.17) is 0 Å². The van der Waals surface area contributed by atoms with Crippen molar-refractivity contribution < 1.29 is 0 Å². The average Bonchev–Trinajstić information content (AvgIpc) is 2.64. The van der Waals surface area contributed by atoms with E-state index in [1.807, 2.05) is 6.08 Å². The van der Waals surface area contributed by atoms with Gasteiger partial charge in [-0.2, -0.15) is 0 Å². The number of rotatable bonds is 4. The second kappa shape index (κ2) is 5.60. The van der Waals surface area contributed by atoms with Crippen molar-refractivity contribution in [1.82, 2.24) is 0 Å². The summed E-state index contributed by atoms with van der Waals surface area (Å²) >= 11 is 0. The molecule has 0 bridgehead atoms. The predicted octanol–water partition coefficient (Wildman–Crippen LogP) is 6.00. The first kappa shape index (κ1) is 15.1. The first-order valence-electron chi connectivity index (χ1n) is 7.95. The van der Waals surface area contributed by atoms with Gasteiger partial charge in [0, 0.05) is 5.41 Å². The van der Waals surface area contributed by atoms with Crippen LogP contribution in [0.5, 0.6) is 0 Å². The zero-order valence-electron chi connectivity index (χ0n) is 13.7. The van der Waals surface area contributed by atoms with Gasteiger partial charge in [-0.25, -0.2) is 0 Å². The molecule has 2 aliphatic rings. The molecule has 0 spiro atoms. The van der Waals surface area contributed by atoms with E-state index in [1.54, 1.807) is 5.57 Å². The summed E-state index contributed by atoms with van der Waals surface area (Å²) in [5.74, 6) is 1.30. The summed E-state index contributed by atoms with van der Waals surface area (Å²) in [6, 6.07) is 0. The first-order valence-corrected chi connectivity index (χ1v) is 7.95. The molecule has 0 radical (unpaired) electrons. The van der Waals surface area contributed by atoms with Crippen molar-refractivity contribution in [3.05, 3.63) is 59.3 Å². The summed E-state index contributed by atoms with van der Waals surface area (Å²) < 4.78 is 0. The lowest BCUT2D eigenvalue weighted by atomic mass is 9.69. The average molecular weight is 268 g/mol. The molecular weight excluding hydrogens is 240 g/mol. The van der Waals surface area contributed by atoms with Gasteiger partial charge in [0.1, 0.15) is 0 Å². The minimum Gasteiger partial charge on any atom is -0.0984 e. The maximum Gasteiger partial charge on any atom is 0.0123 e. The molecule has 0 amide bonds. The molecule has 0 fully saturated rings. The Balaban J connectivity index is 2.55. The van der Waals surface area contributed by atoms with Crippen molar-refractivity contribution >= 4 is 0 Å². The highest BCUT2D eigenvalue weighted by atomic mass is 14.5. The van der Waals surface area contributed by atoms with Gasteiger partial charge in [0.05, 0.1) is 0 Å². The second-order valence-electron chi connectivity index (χ2n) is 6.51. The summed E-state index contributed by atoms with van der Waals surface area (Å²) in [6.07, 6.45) is 13.7. The van der Waals surface area contributed by atoms with Crippen molar-refractivity contribution in [3.63, 3.8) is 0 Å². The Bertz CT molecular complexity index is 520. The third kappa shape index (κ3) is 2.16. The minimum atomic E-state index is 0.127. The smallest absolute Gasteiger partial charge is 0.0123 e. The lowest BCUT2D eigenvalue weighted by Gasteiger charge is -2.35. The van der Waals surface area contributed by atoms with E-state index in [9.17, 15) is 0 Å². The molecule has 0 heteroatoms. The third-order valence-electron chi connectivity index (χ3n) is 5.02. The Labute approximate surface area is 124 Å². The predicted molar refractivity (Wildman–Crippen MR) is 89.5 cm³/mol. The molecule has 0 heterocycles. The zero-order chi connectivity index (χ0) is 14.9. The van der Waals surface area contributed by atoms with Crippen LogP contribution in [0, 0.1) is 17.3 Å². The van der Waals surface area contributed by atoms with Crippen LogP contribution in [0.25, 0.3) is 0 Å². The van der Waals surface area contributed by atoms with Gasteiger partial charge in [0.15, 0.2) is 0 Å². The molecule has 0 saturated heterocycles. The van der Waals surface area contributed by atoms with Gasteiger partial charge >= 0.3 is 0 Å². The van der Waals surface area contributed by atoms with Crippen LogP contribution in [0.3, 0.4) is 0 Å². The van der Waals surface area contributed by atoms with Gasteiger partial charge in [-0.05, 0) is 47.0 Å². The Morgan fingerprint density at radius 1 is 1.30 bits per heavy atom. The maximum absolute atomic E-state index is 4.06. The van der Waals surface area contributed by atoms with Crippen molar-refractivity contribution in [2.45, 2.75) is 47.5 Å². The van der Waals surface area contributed by atoms with Crippen molar-refractivity contribution in [1.29, 1.82) is 0 Å². The summed E-state index contributed by atoms with van der Waals surface area (Å²) in [4.78, 5) is 0. The highest BCUT2D eigenvalue weighted by Gasteiger charge is 2.41. The molecule has 2 unspecified atom stereocenters. The van der Waals surface area contributed by atoms with Gasteiger partial charge in [0.25, 0.3) is 0 Å². The van der Waals surface area contributed by atoms with E-state index in [-0.39, 0.29) is 5.41 Å². The Morgan fingerprint density at radius 2 is 2.00 bits per heavy atom. The van der Waals surface area contributed by atoms with E-state index in [0.717, 1.165) is 6.42 Å². The summed E-state index contributed by atoms with van der Waals surface area (Å²) in [5, 5.41) is 0. The quantitative estimate of drug-likeness (QED) is 0.586. The van der Waals surface area contributed by atoms with E-state index in [2.05, 4.69) is 65.5 Å². The molecule has 0 saturated carbocycles. The van der Waals surface area contributed by atoms with Crippen LogP contribution in [-0.2, 0) is 0 Å². The molecule has 2 aliphatic carbocycles. The van der Waals surface area contributed by atoms with Crippen LogP contribution in [0.2, 0.25) is 0 Å². The fourth-order valence-electron chi connectivity index (χ4n) is 3.95. The molecule has 0 N–H and O–H groups in total. The molecule has 2 rings (SSSR count). The lowest BCUT2D eigenvalue weighted by Crippen LogP contribution is -2.25. The topological polar surface area (TPSA) is 0 Å². The SMILES string of the molecule is C=CC1=C(/C=C/CC)C(C)(C)C2=C1C=CC(CC)C2C. The monoisotopic (exact) mass is 268 g/mol. The number of allylic oxidation sites excluding steroid dienone is 9. The van der Waals surface area contributed by atoms with E-state index >= 15 is 0 Å². The first-order chi connectivity index (χ1) is 9.48. The summed E-state index contributed by atoms with van der Waals surface area (Å²) in [6.45, 7) is 15.7. The second-order valence-corrected chi connectivity index (χ2v) is 6.51. The van der Waals surface area contributed by atoms with Crippen LogP contribution in [0.4, 0.5) is 0 Å². The minimum absolute atomic E-state index is 0.127. The largest absolute Gasteiger partial charge is 0.0984 e. The van der Waals surface area contributed by atoms with Gasteiger partial charge < -0.3 is 0 Å². The Morgan fingerprint density at radius 3 is 2.55 bits per heavy atom. The molecule has 0 nitrogen and oxygen atoms in total. The van der Waals surface area contributed by atoms with Crippen LogP contribution in [0.1, 0.15) is 47.5 Å². The number of hydrogen-bond donors (Lipinski definition) is 0. The van der Waals surface area contributed by atoms with Gasteiger partial charge in [-0.3, -0.25) is 0 Å². The fourth-order valence-corrected chi connectivity index (χ4v) is 3.95. The fraction of sp³-hybridized carbons (Fsp3) is 0.500. The highest BCUT2D eigenvalue weighted by molar-refractivity contribution is 5.65. The number of hydrogen-bond acceptors (Lipinski definition) is 0. The third-order valence-corrected chi connectivity index (χ3v) is 5.02. The van der Waals surface area contributed by atoms with Crippen LogP contribution < -0.4 is 0 Å². The van der Waals surface area contributed by atoms with Gasteiger partial charge in [-0.15, -0.1) is 0 Å². The van der Waals surface area contributed by atoms with Crippen molar-refractivity contribution in [3.8, 4) is 0 Å². The summed E-state index contributed by atoms with van der Waals surface area (Å²) in [5.41, 5.74) is 5.94. The lowest BCUT2D eigenvalue weighted by molar-refractivity contribution is 0.392.